The van der Waals surface area contributed by atoms with E-state index in [4.69, 9.17) is 9.72 Å². The van der Waals surface area contributed by atoms with E-state index >= 15 is 4.39 Å². The number of hydrogen-bond donors (Lipinski definition) is 2. The van der Waals surface area contributed by atoms with Gasteiger partial charge in [-0.05, 0) is 70.6 Å². The van der Waals surface area contributed by atoms with Crippen molar-refractivity contribution >= 4 is 22.7 Å². The summed E-state index contributed by atoms with van der Waals surface area (Å²) in [5.74, 6) is 0.834. The highest BCUT2D eigenvalue weighted by Crippen LogP contribution is 2.34. The Hall–Kier alpha value is -3.22. The number of aromatic nitrogens is 2. The van der Waals surface area contributed by atoms with Crippen LogP contribution in [0.25, 0.3) is 11.0 Å². The number of nitrogens with zero attached hydrogens (tertiary/aromatic N) is 2. The molecule has 1 fully saturated rings. The highest BCUT2D eigenvalue weighted by Gasteiger charge is 2.30. The minimum Gasteiger partial charge on any atom is -0.493 e. The number of carbonyl (C=O) groups excluding carboxylic acids is 1. The number of benzene rings is 1. The van der Waals surface area contributed by atoms with Crippen molar-refractivity contribution in [1.82, 2.24) is 15.3 Å². The number of amides is 1. The third-order valence-electron chi connectivity index (χ3n) is 7.27. The molecule has 0 bridgehead atoms. The van der Waals surface area contributed by atoms with Crippen LogP contribution in [0.1, 0.15) is 96.5 Å². The number of fused-ring (bicyclic) bond motifs is 1. The van der Waals surface area contributed by atoms with Crippen LogP contribution in [0, 0.1) is 11.7 Å². The maximum absolute atomic E-state index is 15.7. The second-order valence-corrected chi connectivity index (χ2v) is 11.5. The maximum atomic E-state index is 15.7. The van der Waals surface area contributed by atoms with Crippen molar-refractivity contribution < 1.29 is 13.9 Å². The van der Waals surface area contributed by atoms with Crippen LogP contribution in [-0.2, 0) is 16.0 Å². The number of aryl methyl sites for hydroxylation is 1. The normalized spacial score (nSPS) is 16.9. The molecule has 1 aliphatic carbocycles. The van der Waals surface area contributed by atoms with Gasteiger partial charge in [0, 0.05) is 19.2 Å². The molecule has 0 spiro atoms. The Morgan fingerprint density at radius 3 is 2.54 bits per heavy atom. The zero-order valence-corrected chi connectivity index (χ0v) is 24.3. The number of nitrogens with one attached hydrogen (secondary N) is 2. The predicted octanol–water partition coefficient (Wildman–Crippen LogP) is 7.68. The lowest BCUT2D eigenvalue weighted by atomic mass is 9.85. The van der Waals surface area contributed by atoms with Gasteiger partial charge in [-0.3, -0.25) is 9.79 Å². The Bertz CT molecular complexity index is 1230. The molecule has 1 unspecified atom stereocenters. The third-order valence-corrected chi connectivity index (χ3v) is 7.27. The van der Waals surface area contributed by atoms with Crippen LogP contribution in [0.3, 0.4) is 0 Å². The SMILES string of the molecule is C=C/C=C(/C(=O)NC(c1nc2c(F)c(CCC(=C)OC(C)(C)C)ccc2[nH]1)C1CCCCCCC1)C(C)=NC. The van der Waals surface area contributed by atoms with Gasteiger partial charge in [0.2, 0.25) is 0 Å². The van der Waals surface area contributed by atoms with Gasteiger partial charge < -0.3 is 15.0 Å². The number of aromatic amines is 1. The van der Waals surface area contributed by atoms with Gasteiger partial charge in [-0.25, -0.2) is 9.37 Å². The highest BCUT2D eigenvalue weighted by atomic mass is 19.1. The molecule has 1 heterocycles. The molecule has 2 N–H and O–H groups in total. The van der Waals surface area contributed by atoms with Crippen molar-refractivity contribution in [3.63, 3.8) is 0 Å². The van der Waals surface area contributed by atoms with Gasteiger partial charge in [-0.2, -0.15) is 0 Å². The Morgan fingerprint density at radius 1 is 1.26 bits per heavy atom. The Kier molecular flexibility index (Phi) is 10.7. The predicted molar refractivity (Wildman–Crippen MR) is 158 cm³/mol. The largest absolute Gasteiger partial charge is 0.493 e. The number of carbonyl (C=O) groups is 1. The molecule has 0 saturated heterocycles. The van der Waals surface area contributed by atoms with Gasteiger partial charge in [-0.15, -0.1) is 0 Å². The first kappa shape index (κ1) is 30.3. The monoisotopic (exact) mass is 536 g/mol. The number of allylic oxidation sites excluding steroid dienone is 3. The first-order valence-electron chi connectivity index (χ1n) is 14.1. The van der Waals surface area contributed by atoms with Crippen LogP contribution >= 0.6 is 0 Å². The second-order valence-electron chi connectivity index (χ2n) is 11.5. The van der Waals surface area contributed by atoms with E-state index in [1.54, 1.807) is 32.2 Å². The summed E-state index contributed by atoms with van der Waals surface area (Å²) in [6, 6.07) is 3.29. The summed E-state index contributed by atoms with van der Waals surface area (Å²) in [4.78, 5) is 25.7. The van der Waals surface area contributed by atoms with E-state index < -0.39 is 0 Å². The number of H-pyrrole nitrogens is 1. The molecular formula is C32H45FN4O2. The lowest BCUT2D eigenvalue weighted by molar-refractivity contribution is -0.118. The number of ether oxygens (including phenoxy) is 1. The van der Waals surface area contributed by atoms with Crippen LogP contribution in [0.2, 0.25) is 0 Å². The van der Waals surface area contributed by atoms with Gasteiger partial charge in [0.15, 0.2) is 5.82 Å². The second kappa shape index (κ2) is 13.7. The lowest BCUT2D eigenvalue weighted by Gasteiger charge is -2.28. The summed E-state index contributed by atoms with van der Waals surface area (Å²) in [6.45, 7) is 15.4. The van der Waals surface area contributed by atoms with Crippen molar-refractivity contribution in [1.29, 1.82) is 0 Å². The molecule has 1 aromatic heterocycles. The van der Waals surface area contributed by atoms with E-state index in [2.05, 4.69) is 28.5 Å². The van der Waals surface area contributed by atoms with Gasteiger partial charge in [0.05, 0.1) is 22.9 Å². The van der Waals surface area contributed by atoms with Crippen LogP contribution < -0.4 is 5.32 Å². The van der Waals surface area contributed by atoms with Crippen molar-refractivity contribution in [3.8, 4) is 0 Å². The Morgan fingerprint density at radius 2 is 1.92 bits per heavy atom. The van der Waals surface area contributed by atoms with E-state index in [9.17, 15) is 4.79 Å². The fourth-order valence-corrected chi connectivity index (χ4v) is 5.25. The average Bonchev–Trinajstić information content (AvgIpc) is 3.29. The molecule has 39 heavy (non-hydrogen) atoms. The summed E-state index contributed by atoms with van der Waals surface area (Å²) >= 11 is 0. The summed E-state index contributed by atoms with van der Waals surface area (Å²) in [5, 5.41) is 3.23. The molecule has 0 aliphatic heterocycles. The first-order chi connectivity index (χ1) is 18.5. The molecule has 212 valence electrons. The molecule has 1 amide bonds. The van der Waals surface area contributed by atoms with Crippen LogP contribution in [0.15, 0.2) is 53.8 Å². The summed E-state index contributed by atoms with van der Waals surface area (Å²) < 4.78 is 21.5. The minimum absolute atomic E-state index is 0.194. The molecule has 1 atom stereocenters. The van der Waals surface area contributed by atoms with E-state index in [0.717, 1.165) is 25.7 Å². The molecule has 7 heteroatoms. The van der Waals surface area contributed by atoms with Gasteiger partial charge in [-0.1, -0.05) is 57.4 Å². The van der Waals surface area contributed by atoms with E-state index in [1.165, 1.54) is 19.3 Å². The Balaban J connectivity index is 1.93. The molecule has 1 saturated carbocycles. The molecule has 1 aliphatic rings. The summed E-state index contributed by atoms with van der Waals surface area (Å²) in [5.41, 5.74) is 2.23. The first-order valence-corrected chi connectivity index (χ1v) is 14.1. The maximum Gasteiger partial charge on any atom is 0.253 e. The number of rotatable bonds is 10. The van der Waals surface area contributed by atoms with Gasteiger partial charge >= 0.3 is 0 Å². The lowest BCUT2D eigenvalue weighted by Crippen LogP contribution is -2.36. The van der Waals surface area contributed by atoms with Crippen molar-refractivity contribution in [2.24, 2.45) is 10.9 Å². The highest BCUT2D eigenvalue weighted by molar-refractivity contribution is 6.20. The average molecular weight is 537 g/mol. The summed E-state index contributed by atoms with van der Waals surface area (Å²) in [7, 11) is 1.66. The Labute approximate surface area is 232 Å². The smallest absolute Gasteiger partial charge is 0.253 e. The molecule has 2 aromatic rings. The zero-order chi connectivity index (χ0) is 28.6. The number of hydrogen-bond acceptors (Lipinski definition) is 4. The number of imidazole rings is 1. The standard InChI is InChI=1S/C32H45FN4O2/c1-8-14-25(22(3)34-7)31(38)37-28(24-15-12-10-9-11-13-16-24)30-35-26-20-19-23(27(33)29(26)36-30)18-17-21(2)39-32(4,5)6/h8,14,19-20,24,28H,1-2,9-13,15-18H2,3-7H3,(H,35,36)(H,37,38)/b25-14+,34-22?. The van der Waals surface area contributed by atoms with E-state index in [0.29, 0.717) is 52.3 Å². The molecular weight excluding hydrogens is 491 g/mol. The summed E-state index contributed by atoms with van der Waals surface area (Å²) in [6.07, 6.45) is 12.0. The zero-order valence-electron chi connectivity index (χ0n) is 24.3. The van der Waals surface area contributed by atoms with Crippen LogP contribution in [0.5, 0.6) is 0 Å². The van der Waals surface area contributed by atoms with Gasteiger partial charge in [0.25, 0.3) is 5.91 Å². The topological polar surface area (TPSA) is 79.4 Å². The fourth-order valence-electron chi connectivity index (χ4n) is 5.25. The molecule has 0 radical (unpaired) electrons. The molecule has 1 aromatic carbocycles. The van der Waals surface area contributed by atoms with Crippen molar-refractivity contribution in [3.05, 3.63) is 66.0 Å². The van der Waals surface area contributed by atoms with E-state index in [-0.39, 0.29) is 29.3 Å². The fraction of sp³-hybridized carbons (Fsp3) is 0.531. The minimum atomic E-state index is -0.372. The van der Waals surface area contributed by atoms with Crippen LogP contribution in [-0.4, -0.2) is 34.2 Å². The van der Waals surface area contributed by atoms with Crippen molar-refractivity contribution in [2.75, 3.05) is 7.05 Å². The van der Waals surface area contributed by atoms with E-state index in [1.807, 2.05) is 26.8 Å². The third kappa shape index (κ3) is 8.38. The van der Waals surface area contributed by atoms with Crippen LogP contribution in [0.4, 0.5) is 4.39 Å². The quantitative estimate of drug-likeness (QED) is 0.141. The molecule has 3 rings (SSSR count). The van der Waals surface area contributed by atoms with Crippen molar-refractivity contribution in [2.45, 2.75) is 97.1 Å². The molecule has 6 nitrogen and oxygen atoms in total. The van der Waals surface area contributed by atoms with Gasteiger partial charge in [0.1, 0.15) is 16.9 Å². The number of aliphatic imine (C=N–C) groups is 1. The number of halogens is 1.